The van der Waals surface area contributed by atoms with Crippen LogP contribution in [0.3, 0.4) is 0 Å². The molecule has 1 aliphatic heterocycles. The van der Waals surface area contributed by atoms with E-state index in [0.717, 1.165) is 24.3 Å². The number of carbonyl (C=O) groups is 1. The van der Waals surface area contributed by atoms with Crippen molar-refractivity contribution in [1.29, 1.82) is 0 Å². The summed E-state index contributed by atoms with van der Waals surface area (Å²) in [6.07, 6.45) is 1.98. The number of carbonyl (C=O) groups excluding carboxylic acids is 1. The lowest BCUT2D eigenvalue weighted by Gasteiger charge is -2.16. The molecule has 1 N–H and O–H groups in total. The standard InChI is InChI=1S/C5H9NOS/c7-3-5-1-2-8-4-6-5/h3,5-6H,1-2,4H2. The van der Waals surface area contributed by atoms with Crippen LogP contribution in [0.2, 0.25) is 0 Å². The summed E-state index contributed by atoms with van der Waals surface area (Å²) in [4.78, 5) is 10.1. The highest BCUT2D eigenvalue weighted by Gasteiger charge is 2.09. The summed E-state index contributed by atoms with van der Waals surface area (Å²) in [5, 5.41) is 3.06. The molecule has 1 saturated heterocycles. The number of rotatable bonds is 1. The molecule has 0 amide bonds. The second kappa shape index (κ2) is 3.10. The third kappa shape index (κ3) is 1.49. The molecule has 8 heavy (non-hydrogen) atoms. The third-order valence-electron chi connectivity index (χ3n) is 1.19. The zero-order valence-corrected chi connectivity index (χ0v) is 5.41. The van der Waals surface area contributed by atoms with Crippen LogP contribution in [-0.2, 0) is 4.79 Å². The summed E-state index contributed by atoms with van der Waals surface area (Å²) in [6.45, 7) is 0. The predicted octanol–water partition coefficient (Wildman–Crippen LogP) is 0.238. The maximum Gasteiger partial charge on any atom is 0.136 e. The first-order valence-electron chi connectivity index (χ1n) is 2.70. The average Bonchev–Trinajstić information content (AvgIpc) is 1.90. The van der Waals surface area contributed by atoms with E-state index in [2.05, 4.69) is 5.32 Å². The van der Waals surface area contributed by atoms with E-state index in [4.69, 9.17) is 0 Å². The monoisotopic (exact) mass is 131 g/mol. The number of hydrogen-bond donors (Lipinski definition) is 1. The number of hydrogen-bond acceptors (Lipinski definition) is 3. The SMILES string of the molecule is O=CC1CCSCN1. The first-order valence-corrected chi connectivity index (χ1v) is 3.85. The van der Waals surface area contributed by atoms with Crippen LogP contribution < -0.4 is 5.32 Å². The Balaban J connectivity index is 2.22. The smallest absolute Gasteiger partial charge is 0.136 e. The lowest BCUT2D eigenvalue weighted by molar-refractivity contribution is -0.109. The minimum absolute atomic E-state index is 0.135. The van der Waals surface area contributed by atoms with E-state index in [1.54, 1.807) is 0 Å². The van der Waals surface area contributed by atoms with Gasteiger partial charge < -0.3 is 4.79 Å². The molecule has 46 valence electrons. The van der Waals surface area contributed by atoms with Gasteiger partial charge in [0, 0.05) is 5.88 Å². The van der Waals surface area contributed by atoms with Gasteiger partial charge in [0.1, 0.15) is 6.29 Å². The Bertz CT molecular complexity index is 80.5. The van der Waals surface area contributed by atoms with Gasteiger partial charge in [-0.15, -0.1) is 11.8 Å². The van der Waals surface area contributed by atoms with Gasteiger partial charge in [-0.05, 0) is 12.2 Å². The van der Waals surface area contributed by atoms with Gasteiger partial charge in [-0.2, -0.15) is 0 Å². The molecule has 0 aromatic carbocycles. The molecule has 1 fully saturated rings. The second-order valence-electron chi connectivity index (χ2n) is 1.79. The molecule has 0 spiro atoms. The van der Waals surface area contributed by atoms with Crippen LogP contribution in [0.5, 0.6) is 0 Å². The molecule has 1 aliphatic rings. The maximum atomic E-state index is 10.1. The van der Waals surface area contributed by atoms with Crippen molar-refractivity contribution in [2.75, 3.05) is 11.6 Å². The van der Waals surface area contributed by atoms with Crippen LogP contribution in [0.1, 0.15) is 6.42 Å². The molecule has 0 saturated carbocycles. The molecule has 0 aromatic heterocycles. The topological polar surface area (TPSA) is 29.1 Å². The minimum atomic E-state index is 0.135. The molecule has 1 rings (SSSR count). The van der Waals surface area contributed by atoms with Gasteiger partial charge in [0.05, 0.1) is 6.04 Å². The van der Waals surface area contributed by atoms with E-state index in [9.17, 15) is 4.79 Å². The lowest BCUT2D eigenvalue weighted by Crippen LogP contribution is -2.34. The van der Waals surface area contributed by atoms with Crippen molar-refractivity contribution in [1.82, 2.24) is 5.32 Å². The van der Waals surface area contributed by atoms with Gasteiger partial charge in [0.25, 0.3) is 0 Å². The molecule has 1 atom stereocenters. The fourth-order valence-electron chi connectivity index (χ4n) is 0.667. The highest BCUT2D eigenvalue weighted by atomic mass is 32.2. The zero-order chi connectivity index (χ0) is 5.82. The summed E-state index contributed by atoms with van der Waals surface area (Å²) in [5.74, 6) is 2.06. The van der Waals surface area contributed by atoms with E-state index < -0.39 is 0 Å². The molecule has 0 aliphatic carbocycles. The van der Waals surface area contributed by atoms with E-state index in [1.165, 1.54) is 0 Å². The van der Waals surface area contributed by atoms with Crippen molar-refractivity contribution in [2.45, 2.75) is 12.5 Å². The van der Waals surface area contributed by atoms with Crippen molar-refractivity contribution in [3.63, 3.8) is 0 Å². The maximum absolute atomic E-state index is 10.1. The molecule has 3 heteroatoms. The predicted molar refractivity (Wildman–Crippen MR) is 34.9 cm³/mol. The van der Waals surface area contributed by atoms with E-state index in [0.29, 0.717) is 0 Å². The summed E-state index contributed by atoms with van der Waals surface area (Å²) < 4.78 is 0. The Morgan fingerprint density at radius 3 is 3.00 bits per heavy atom. The van der Waals surface area contributed by atoms with E-state index in [1.807, 2.05) is 11.8 Å². The lowest BCUT2D eigenvalue weighted by atomic mass is 10.2. The summed E-state index contributed by atoms with van der Waals surface area (Å²) >= 11 is 1.84. The Hall–Kier alpha value is -0.0200. The van der Waals surface area contributed by atoms with Gasteiger partial charge in [-0.1, -0.05) is 0 Å². The molecule has 0 radical (unpaired) electrons. The molecule has 0 bridgehead atoms. The van der Waals surface area contributed by atoms with Crippen molar-refractivity contribution < 1.29 is 4.79 Å². The minimum Gasteiger partial charge on any atom is -0.302 e. The molecule has 2 nitrogen and oxygen atoms in total. The highest BCUT2D eigenvalue weighted by molar-refractivity contribution is 7.99. The summed E-state index contributed by atoms with van der Waals surface area (Å²) in [6, 6.07) is 0.135. The normalized spacial score (nSPS) is 29.8. The van der Waals surface area contributed by atoms with Crippen molar-refractivity contribution >= 4 is 18.0 Å². The van der Waals surface area contributed by atoms with E-state index in [-0.39, 0.29) is 6.04 Å². The van der Waals surface area contributed by atoms with Gasteiger partial charge >= 0.3 is 0 Å². The highest BCUT2D eigenvalue weighted by Crippen LogP contribution is 2.07. The fraction of sp³-hybridized carbons (Fsp3) is 0.800. The summed E-state index contributed by atoms with van der Waals surface area (Å²) in [5.41, 5.74) is 0. The Morgan fingerprint density at radius 2 is 2.62 bits per heavy atom. The van der Waals surface area contributed by atoms with Crippen LogP contribution in [-0.4, -0.2) is 24.0 Å². The van der Waals surface area contributed by atoms with Crippen LogP contribution in [0.4, 0.5) is 0 Å². The molecule has 1 unspecified atom stereocenters. The van der Waals surface area contributed by atoms with Crippen LogP contribution in [0.15, 0.2) is 0 Å². The van der Waals surface area contributed by atoms with Gasteiger partial charge in [-0.25, -0.2) is 0 Å². The third-order valence-corrected chi connectivity index (χ3v) is 2.08. The van der Waals surface area contributed by atoms with Crippen LogP contribution in [0, 0.1) is 0 Å². The van der Waals surface area contributed by atoms with Crippen molar-refractivity contribution in [3.8, 4) is 0 Å². The summed E-state index contributed by atoms with van der Waals surface area (Å²) in [7, 11) is 0. The van der Waals surface area contributed by atoms with Gasteiger partial charge in [0.15, 0.2) is 0 Å². The van der Waals surface area contributed by atoms with Crippen LogP contribution >= 0.6 is 11.8 Å². The number of thioether (sulfide) groups is 1. The molecule has 0 aromatic rings. The Morgan fingerprint density at radius 1 is 1.75 bits per heavy atom. The molecule has 1 heterocycles. The average molecular weight is 131 g/mol. The molecular weight excluding hydrogens is 122 g/mol. The largest absolute Gasteiger partial charge is 0.302 e. The first kappa shape index (κ1) is 6.11. The van der Waals surface area contributed by atoms with Gasteiger partial charge in [-0.3, -0.25) is 5.32 Å². The van der Waals surface area contributed by atoms with E-state index >= 15 is 0 Å². The second-order valence-corrected chi connectivity index (χ2v) is 2.89. The van der Waals surface area contributed by atoms with Gasteiger partial charge in [0.2, 0.25) is 0 Å². The fourth-order valence-corrected chi connectivity index (χ4v) is 1.56. The van der Waals surface area contributed by atoms with Crippen molar-refractivity contribution in [2.24, 2.45) is 0 Å². The quantitative estimate of drug-likeness (QED) is 0.517. The van der Waals surface area contributed by atoms with Crippen LogP contribution in [0.25, 0.3) is 0 Å². The Kier molecular flexibility index (Phi) is 2.36. The van der Waals surface area contributed by atoms with Crippen molar-refractivity contribution in [3.05, 3.63) is 0 Å². The Labute approximate surface area is 53.0 Å². The number of nitrogens with one attached hydrogen (secondary N) is 1. The zero-order valence-electron chi connectivity index (χ0n) is 4.59. The molecular formula is C5H9NOS. The number of aldehydes is 1. The first-order chi connectivity index (χ1) is 3.93.